The molecule has 0 amide bonds. The van der Waals surface area contributed by atoms with Crippen LogP contribution < -0.4 is 0 Å². The van der Waals surface area contributed by atoms with Gasteiger partial charge in [-0.25, -0.2) is 4.98 Å². The summed E-state index contributed by atoms with van der Waals surface area (Å²) in [6.45, 7) is 1.88. The Balaban J connectivity index is 3.08. The Morgan fingerprint density at radius 1 is 1.62 bits per heavy atom. The summed E-state index contributed by atoms with van der Waals surface area (Å²) in [5, 5.41) is 0.505. The van der Waals surface area contributed by atoms with Gasteiger partial charge in [-0.15, -0.1) is 0 Å². The van der Waals surface area contributed by atoms with E-state index in [9.17, 15) is 0 Å². The predicted molar refractivity (Wildman–Crippen MR) is 32.8 cm³/mol. The molecule has 1 rings (SSSR count). The molecule has 0 bridgehead atoms. The van der Waals surface area contributed by atoms with Crippen LogP contribution in [0.25, 0.3) is 0 Å². The summed E-state index contributed by atoms with van der Waals surface area (Å²) in [4.78, 5) is 3.91. The first-order chi connectivity index (χ1) is 3.79. The molecule has 0 saturated carbocycles. The van der Waals surface area contributed by atoms with Crippen molar-refractivity contribution in [2.75, 3.05) is 0 Å². The highest BCUT2D eigenvalue weighted by Crippen LogP contribution is 2.01. The van der Waals surface area contributed by atoms with Gasteiger partial charge in [0.15, 0.2) is 0 Å². The molecule has 2 heteroatoms. The van der Waals surface area contributed by atoms with Crippen LogP contribution in [-0.2, 0) is 0 Å². The Bertz CT molecular complexity index is 168. The SMILES string of the molecule is Cc1c[c]cc(Cl)n1. The molecule has 0 aliphatic rings. The summed E-state index contributed by atoms with van der Waals surface area (Å²) in [6, 6.07) is 6.25. The normalized spacial score (nSPS) is 9.25. The maximum atomic E-state index is 5.50. The number of nitrogens with zero attached hydrogens (tertiary/aromatic N) is 1. The van der Waals surface area contributed by atoms with Gasteiger partial charge < -0.3 is 0 Å². The van der Waals surface area contributed by atoms with Gasteiger partial charge in [-0.1, -0.05) is 11.6 Å². The molecule has 1 heterocycles. The summed E-state index contributed by atoms with van der Waals surface area (Å²) in [6.07, 6.45) is 0. The van der Waals surface area contributed by atoms with Crippen LogP contribution in [0, 0.1) is 13.0 Å². The third kappa shape index (κ3) is 1.20. The molecule has 41 valence electrons. The molecule has 1 aromatic rings. The Morgan fingerprint density at radius 3 is 2.75 bits per heavy atom. The van der Waals surface area contributed by atoms with Crippen molar-refractivity contribution in [3.63, 3.8) is 0 Å². The van der Waals surface area contributed by atoms with Gasteiger partial charge in [0.25, 0.3) is 0 Å². The van der Waals surface area contributed by atoms with Gasteiger partial charge in [0.05, 0.1) is 0 Å². The fraction of sp³-hybridized carbons (Fsp3) is 0.167. The summed E-state index contributed by atoms with van der Waals surface area (Å²) < 4.78 is 0. The minimum Gasteiger partial charge on any atom is -0.241 e. The van der Waals surface area contributed by atoms with E-state index in [0.717, 1.165) is 5.69 Å². The first-order valence-electron chi connectivity index (χ1n) is 2.29. The van der Waals surface area contributed by atoms with Crippen LogP contribution in [-0.4, -0.2) is 4.98 Å². The second-order valence-corrected chi connectivity index (χ2v) is 1.92. The number of hydrogen-bond donors (Lipinski definition) is 0. The van der Waals surface area contributed by atoms with Gasteiger partial charge in [0.2, 0.25) is 0 Å². The maximum Gasteiger partial charge on any atom is 0.129 e. The molecule has 1 radical (unpaired) electrons. The molecular formula is C6H5ClN. The summed E-state index contributed by atoms with van der Waals surface area (Å²) >= 11 is 5.50. The highest BCUT2D eigenvalue weighted by atomic mass is 35.5. The minimum atomic E-state index is 0.505. The zero-order valence-corrected chi connectivity index (χ0v) is 5.24. The van der Waals surface area contributed by atoms with E-state index >= 15 is 0 Å². The van der Waals surface area contributed by atoms with Gasteiger partial charge in [-0.05, 0) is 25.1 Å². The zero-order chi connectivity index (χ0) is 5.98. The smallest absolute Gasteiger partial charge is 0.129 e. The Morgan fingerprint density at radius 2 is 2.38 bits per heavy atom. The molecule has 0 aromatic carbocycles. The Kier molecular flexibility index (Phi) is 1.49. The lowest BCUT2D eigenvalue weighted by Crippen LogP contribution is -1.77. The van der Waals surface area contributed by atoms with E-state index in [-0.39, 0.29) is 0 Å². The van der Waals surface area contributed by atoms with Crippen molar-refractivity contribution >= 4 is 11.6 Å². The van der Waals surface area contributed by atoms with E-state index < -0.39 is 0 Å². The first-order valence-corrected chi connectivity index (χ1v) is 2.67. The van der Waals surface area contributed by atoms with Crippen molar-refractivity contribution in [1.82, 2.24) is 4.98 Å². The van der Waals surface area contributed by atoms with Crippen molar-refractivity contribution in [2.45, 2.75) is 6.92 Å². The van der Waals surface area contributed by atoms with Crippen LogP contribution in [0.1, 0.15) is 5.69 Å². The maximum absolute atomic E-state index is 5.50. The van der Waals surface area contributed by atoms with E-state index in [1.807, 2.05) is 6.92 Å². The highest BCUT2D eigenvalue weighted by Gasteiger charge is 1.84. The number of rotatable bonds is 0. The largest absolute Gasteiger partial charge is 0.241 e. The van der Waals surface area contributed by atoms with Gasteiger partial charge in [-0.3, -0.25) is 0 Å². The van der Waals surface area contributed by atoms with E-state index in [4.69, 9.17) is 11.6 Å². The number of hydrogen-bond acceptors (Lipinski definition) is 1. The molecule has 8 heavy (non-hydrogen) atoms. The summed E-state index contributed by atoms with van der Waals surface area (Å²) in [5.41, 5.74) is 0.900. The third-order valence-corrected chi connectivity index (χ3v) is 0.971. The molecule has 0 unspecified atom stereocenters. The Labute approximate surface area is 53.3 Å². The van der Waals surface area contributed by atoms with Gasteiger partial charge in [0, 0.05) is 5.69 Å². The topological polar surface area (TPSA) is 12.9 Å². The minimum absolute atomic E-state index is 0.505. The summed E-state index contributed by atoms with van der Waals surface area (Å²) in [7, 11) is 0. The average molecular weight is 127 g/mol. The van der Waals surface area contributed by atoms with Crippen molar-refractivity contribution in [2.24, 2.45) is 0 Å². The zero-order valence-electron chi connectivity index (χ0n) is 4.48. The first kappa shape index (κ1) is 5.57. The molecule has 0 N–H and O–H groups in total. The number of aryl methyl sites for hydroxylation is 1. The molecule has 0 aliphatic heterocycles. The average Bonchev–Trinajstić information content (AvgIpc) is 1.64. The monoisotopic (exact) mass is 126 g/mol. The molecule has 0 atom stereocenters. The van der Waals surface area contributed by atoms with Crippen LogP contribution in [0.2, 0.25) is 5.15 Å². The highest BCUT2D eigenvalue weighted by molar-refractivity contribution is 6.29. The second-order valence-electron chi connectivity index (χ2n) is 1.53. The number of pyridine rings is 1. The summed E-state index contributed by atoms with van der Waals surface area (Å²) in [5.74, 6) is 0. The van der Waals surface area contributed by atoms with Crippen LogP contribution in [0.15, 0.2) is 12.1 Å². The lowest BCUT2D eigenvalue weighted by molar-refractivity contribution is 1.20. The molecule has 1 nitrogen and oxygen atoms in total. The number of aromatic nitrogens is 1. The van der Waals surface area contributed by atoms with E-state index in [1.165, 1.54) is 0 Å². The van der Waals surface area contributed by atoms with Crippen LogP contribution >= 0.6 is 11.6 Å². The van der Waals surface area contributed by atoms with Crippen LogP contribution in [0.4, 0.5) is 0 Å². The predicted octanol–water partition coefficient (Wildman–Crippen LogP) is 1.84. The van der Waals surface area contributed by atoms with Gasteiger partial charge in [-0.2, -0.15) is 0 Å². The fourth-order valence-electron chi connectivity index (χ4n) is 0.464. The van der Waals surface area contributed by atoms with E-state index in [1.54, 1.807) is 12.1 Å². The molecule has 0 saturated heterocycles. The van der Waals surface area contributed by atoms with Crippen LogP contribution in [0.5, 0.6) is 0 Å². The molecule has 0 fully saturated rings. The quantitative estimate of drug-likeness (QED) is 0.484. The third-order valence-electron chi connectivity index (χ3n) is 0.778. The lowest BCUT2D eigenvalue weighted by atomic mass is 10.4. The lowest BCUT2D eigenvalue weighted by Gasteiger charge is -1.87. The molecule has 0 aliphatic carbocycles. The number of halogens is 1. The molecule has 0 spiro atoms. The van der Waals surface area contributed by atoms with Gasteiger partial charge in [0.1, 0.15) is 5.15 Å². The van der Waals surface area contributed by atoms with Crippen molar-refractivity contribution in [3.8, 4) is 0 Å². The molecule has 1 aromatic heterocycles. The Hall–Kier alpha value is -0.560. The van der Waals surface area contributed by atoms with Crippen molar-refractivity contribution < 1.29 is 0 Å². The second kappa shape index (κ2) is 2.14. The van der Waals surface area contributed by atoms with Crippen LogP contribution in [0.3, 0.4) is 0 Å². The fourth-order valence-corrected chi connectivity index (χ4v) is 0.660. The van der Waals surface area contributed by atoms with E-state index in [2.05, 4.69) is 11.1 Å². The van der Waals surface area contributed by atoms with E-state index in [0.29, 0.717) is 5.15 Å². The van der Waals surface area contributed by atoms with Gasteiger partial charge >= 0.3 is 0 Å². The molecular weight excluding hydrogens is 122 g/mol. The van der Waals surface area contributed by atoms with Crippen molar-refractivity contribution in [3.05, 3.63) is 29.0 Å². The van der Waals surface area contributed by atoms with Crippen molar-refractivity contribution in [1.29, 1.82) is 0 Å². The standard InChI is InChI=1S/C6H5ClN/c1-5-3-2-4-6(7)8-5/h3-4H,1H3.